The molecular formula is C13H11N5O2S. The quantitative estimate of drug-likeness (QED) is 0.505. The summed E-state index contributed by atoms with van der Waals surface area (Å²) in [5.41, 5.74) is 2.05. The first-order valence-electron chi connectivity index (χ1n) is 6.10. The lowest BCUT2D eigenvalue weighted by molar-refractivity contribution is 0.209. The van der Waals surface area contributed by atoms with Crippen molar-refractivity contribution < 1.29 is 9.90 Å². The number of carbonyl (C=O) groups is 1. The van der Waals surface area contributed by atoms with E-state index in [4.69, 9.17) is 5.11 Å². The summed E-state index contributed by atoms with van der Waals surface area (Å²) in [5, 5.41) is 11.6. The van der Waals surface area contributed by atoms with Crippen molar-refractivity contribution in [3.63, 3.8) is 0 Å². The highest BCUT2D eigenvalue weighted by atomic mass is 32.2. The molecule has 0 fully saturated rings. The normalized spacial score (nSPS) is 10.7. The van der Waals surface area contributed by atoms with E-state index in [0.29, 0.717) is 22.1 Å². The first-order chi connectivity index (χ1) is 10.2. The minimum Gasteiger partial charge on any atom is -0.465 e. The van der Waals surface area contributed by atoms with Gasteiger partial charge in [-0.15, -0.1) is 0 Å². The van der Waals surface area contributed by atoms with Gasteiger partial charge in [-0.25, -0.2) is 19.7 Å². The number of hydrogen-bond donors (Lipinski definition) is 3. The molecule has 0 bridgehead atoms. The zero-order valence-electron chi connectivity index (χ0n) is 10.8. The van der Waals surface area contributed by atoms with Gasteiger partial charge in [-0.3, -0.25) is 5.32 Å². The number of aromatic nitrogens is 4. The van der Waals surface area contributed by atoms with Crippen molar-refractivity contribution in [1.29, 1.82) is 0 Å². The number of imidazole rings is 1. The lowest BCUT2D eigenvalue weighted by Crippen LogP contribution is -2.10. The van der Waals surface area contributed by atoms with Crippen molar-refractivity contribution in [3.05, 3.63) is 42.2 Å². The Balaban J connectivity index is 1.86. The van der Waals surface area contributed by atoms with Crippen LogP contribution in [0.1, 0.15) is 5.56 Å². The summed E-state index contributed by atoms with van der Waals surface area (Å²) in [5.74, 6) is 0.907. The number of amides is 1. The summed E-state index contributed by atoms with van der Waals surface area (Å²) in [6.45, 7) is 0. The Bertz CT molecular complexity index is 775. The number of nitrogens with zero attached hydrogens (tertiary/aromatic N) is 3. The molecule has 106 valence electrons. The summed E-state index contributed by atoms with van der Waals surface area (Å²) >= 11 is 1.42. The van der Waals surface area contributed by atoms with Gasteiger partial charge in [-0.05, 0) is 5.56 Å². The summed E-state index contributed by atoms with van der Waals surface area (Å²) < 4.78 is 0. The number of H-pyrrole nitrogens is 1. The average molecular weight is 301 g/mol. The predicted molar refractivity (Wildman–Crippen MR) is 79.3 cm³/mol. The Morgan fingerprint density at radius 1 is 1.29 bits per heavy atom. The van der Waals surface area contributed by atoms with E-state index in [9.17, 15) is 4.79 Å². The first kappa shape index (κ1) is 13.4. The fourth-order valence-electron chi connectivity index (χ4n) is 1.79. The predicted octanol–water partition coefficient (Wildman–Crippen LogP) is 2.74. The van der Waals surface area contributed by atoms with Crippen LogP contribution in [-0.4, -0.2) is 31.1 Å². The van der Waals surface area contributed by atoms with Gasteiger partial charge in [-0.2, -0.15) is 0 Å². The van der Waals surface area contributed by atoms with Crippen molar-refractivity contribution in [1.82, 2.24) is 19.9 Å². The van der Waals surface area contributed by atoms with Crippen LogP contribution in [0.5, 0.6) is 0 Å². The van der Waals surface area contributed by atoms with E-state index in [1.165, 1.54) is 18.1 Å². The number of rotatable bonds is 4. The van der Waals surface area contributed by atoms with Crippen molar-refractivity contribution in [2.24, 2.45) is 0 Å². The Morgan fingerprint density at radius 2 is 2.10 bits per heavy atom. The van der Waals surface area contributed by atoms with Gasteiger partial charge < -0.3 is 10.1 Å². The van der Waals surface area contributed by atoms with Crippen molar-refractivity contribution in [2.75, 3.05) is 5.32 Å². The average Bonchev–Trinajstić information content (AvgIpc) is 2.94. The molecule has 7 nitrogen and oxygen atoms in total. The molecule has 0 aliphatic rings. The monoisotopic (exact) mass is 301 g/mol. The van der Waals surface area contributed by atoms with E-state index in [0.717, 1.165) is 5.56 Å². The zero-order chi connectivity index (χ0) is 14.7. The zero-order valence-corrected chi connectivity index (χ0v) is 11.6. The smallest absolute Gasteiger partial charge is 0.410 e. The molecule has 1 aromatic carbocycles. The highest BCUT2D eigenvalue weighted by molar-refractivity contribution is 7.98. The number of benzene rings is 1. The molecule has 1 amide bonds. The number of hydrogen-bond acceptors (Lipinski definition) is 5. The van der Waals surface area contributed by atoms with Gasteiger partial charge in [0.15, 0.2) is 16.6 Å². The fraction of sp³-hybridized carbons (Fsp3) is 0.0769. The highest BCUT2D eigenvalue weighted by Gasteiger charge is 2.12. The van der Waals surface area contributed by atoms with E-state index < -0.39 is 6.09 Å². The Labute approximate surface area is 123 Å². The van der Waals surface area contributed by atoms with Gasteiger partial charge in [0.05, 0.1) is 6.33 Å². The maximum absolute atomic E-state index is 10.8. The van der Waals surface area contributed by atoms with Crippen LogP contribution in [0.2, 0.25) is 0 Å². The summed E-state index contributed by atoms with van der Waals surface area (Å²) in [4.78, 5) is 26.2. The standard InChI is InChI=1S/C13H11N5O2S/c19-13(20)18-11-9-10(15-7-14-9)16-12(17-11)21-6-8-4-2-1-3-5-8/h1-5,7H,6H2,(H,19,20)(H2,14,15,16,17,18). The number of anilines is 1. The Kier molecular flexibility index (Phi) is 3.69. The number of aromatic amines is 1. The molecule has 3 rings (SSSR count). The van der Waals surface area contributed by atoms with Crippen LogP contribution in [0.25, 0.3) is 11.2 Å². The maximum atomic E-state index is 10.8. The molecule has 0 aliphatic carbocycles. The highest BCUT2D eigenvalue weighted by Crippen LogP contribution is 2.24. The van der Waals surface area contributed by atoms with Gasteiger partial charge in [0.2, 0.25) is 0 Å². The van der Waals surface area contributed by atoms with Crippen molar-refractivity contribution in [2.45, 2.75) is 10.9 Å². The molecule has 2 heterocycles. The van der Waals surface area contributed by atoms with E-state index in [2.05, 4.69) is 25.3 Å². The summed E-state index contributed by atoms with van der Waals surface area (Å²) in [6, 6.07) is 9.90. The van der Waals surface area contributed by atoms with Crippen LogP contribution < -0.4 is 5.32 Å². The van der Waals surface area contributed by atoms with Crippen LogP contribution in [0.15, 0.2) is 41.8 Å². The van der Waals surface area contributed by atoms with Crippen LogP contribution in [0.4, 0.5) is 10.6 Å². The third-order valence-corrected chi connectivity index (χ3v) is 3.62. The van der Waals surface area contributed by atoms with Gasteiger partial charge >= 0.3 is 6.09 Å². The SMILES string of the molecule is O=C(O)Nc1nc(SCc2ccccc2)nc2nc[nH]c12. The van der Waals surface area contributed by atoms with Gasteiger partial charge in [0.1, 0.15) is 5.52 Å². The molecule has 0 atom stereocenters. The fourth-order valence-corrected chi connectivity index (χ4v) is 2.59. The third kappa shape index (κ3) is 3.11. The molecule has 2 aromatic heterocycles. The number of fused-ring (bicyclic) bond motifs is 1. The molecule has 0 unspecified atom stereocenters. The van der Waals surface area contributed by atoms with E-state index in [1.54, 1.807) is 0 Å². The lowest BCUT2D eigenvalue weighted by Gasteiger charge is -2.04. The minimum absolute atomic E-state index is 0.209. The van der Waals surface area contributed by atoms with Crippen LogP contribution in [0, 0.1) is 0 Å². The molecule has 0 saturated heterocycles. The molecule has 3 aromatic rings. The lowest BCUT2D eigenvalue weighted by atomic mass is 10.2. The number of nitrogens with one attached hydrogen (secondary N) is 2. The molecule has 21 heavy (non-hydrogen) atoms. The van der Waals surface area contributed by atoms with Gasteiger partial charge in [0, 0.05) is 5.75 Å². The van der Waals surface area contributed by atoms with Crippen molar-refractivity contribution in [3.8, 4) is 0 Å². The second-order valence-corrected chi connectivity index (χ2v) is 5.10. The summed E-state index contributed by atoms with van der Waals surface area (Å²) in [6.07, 6.45) is 0.279. The molecule has 0 spiro atoms. The van der Waals surface area contributed by atoms with Crippen LogP contribution in [0.3, 0.4) is 0 Å². The molecular weight excluding hydrogens is 290 g/mol. The number of thioether (sulfide) groups is 1. The maximum Gasteiger partial charge on any atom is 0.410 e. The Hall–Kier alpha value is -2.61. The van der Waals surface area contributed by atoms with E-state index in [1.807, 2.05) is 30.3 Å². The number of carboxylic acid groups (broad SMARTS) is 1. The third-order valence-electron chi connectivity index (χ3n) is 2.70. The molecule has 0 saturated carbocycles. The second kappa shape index (κ2) is 5.80. The van der Waals surface area contributed by atoms with Gasteiger partial charge in [-0.1, -0.05) is 42.1 Å². The second-order valence-electron chi connectivity index (χ2n) is 4.16. The van der Waals surface area contributed by atoms with E-state index >= 15 is 0 Å². The molecule has 0 aliphatic heterocycles. The first-order valence-corrected chi connectivity index (χ1v) is 7.09. The molecule has 3 N–H and O–H groups in total. The largest absolute Gasteiger partial charge is 0.465 e. The van der Waals surface area contributed by atoms with Crippen LogP contribution >= 0.6 is 11.8 Å². The van der Waals surface area contributed by atoms with E-state index in [-0.39, 0.29) is 5.82 Å². The topological polar surface area (TPSA) is 104 Å². The van der Waals surface area contributed by atoms with Crippen molar-refractivity contribution >= 4 is 34.8 Å². The van der Waals surface area contributed by atoms with Gasteiger partial charge in [0.25, 0.3) is 0 Å². The van der Waals surface area contributed by atoms with Crippen LogP contribution in [-0.2, 0) is 5.75 Å². The Morgan fingerprint density at radius 3 is 2.86 bits per heavy atom. The molecule has 8 heteroatoms. The summed E-state index contributed by atoms with van der Waals surface area (Å²) in [7, 11) is 0. The minimum atomic E-state index is -1.18. The molecule has 0 radical (unpaired) electrons.